The lowest BCUT2D eigenvalue weighted by Gasteiger charge is -2.02. The molecule has 0 aliphatic heterocycles. The summed E-state index contributed by atoms with van der Waals surface area (Å²) in [6, 6.07) is 4.62. The van der Waals surface area contributed by atoms with Crippen LogP contribution in [-0.4, -0.2) is 26.0 Å². The smallest absolute Gasteiger partial charge is 0.335 e. The van der Waals surface area contributed by atoms with Gasteiger partial charge in [0.05, 0.1) is 16.6 Å². The van der Waals surface area contributed by atoms with E-state index in [1.54, 1.807) is 6.07 Å². The first kappa shape index (κ1) is 12.1. The number of unbranched alkanes of at least 4 members (excludes halogenated alkanes) is 1. The summed E-state index contributed by atoms with van der Waals surface area (Å²) >= 11 is 0. The van der Waals surface area contributed by atoms with E-state index in [1.165, 1.54) is 17.1 Å². The minimum Gasteiger partial charge on any atom is -0.478 e. The maximum absolute atomic E-state index is 11.1. The van der Waals surface area contributed by atoms with Crippen LogP contribution in [0.1, 0.15) is 35.9 Å². The molecule has 0 aliphatic rings. The number of aromatic carboxylic acids is 1. The van der Waals surface area contributed by atoms with Crippen LogP contribution in [0.4, 0.5) is 5.82 Å². The molecular weight excluding hydrogens is 268 g/mol. The number of aromatic amines is 1. The monoisotopic (exact) mass is 285 g/mol. The summed E-state index contributed by atoms with van der Waals surface area (Å²) in [5.74, 6) is -0.167. The number of H-pyrrole nitrogens is 1. The number of aromatic nitrogens is 3. The highest BCUT2D eigenvalue weighted by molar-refractivity contribution is 6.07. The van der Waals surface area contributed by atoms with Crippen molar-refractivity contribution in [2.24, 2.45) is 0 Å². The number of imidazole rings is 1. The van der Waals surface area contributed by atoms with Crippen LogP contribution in [0.15, 0.2) is 18.2 Å². The van der Waals surface area contributed by atoms with Crippen LogP contribution in [0.25, 0.3) is 21.9 Å². The van der Waals surface area contributed by atoms with Gasteiger partial charge in [0.2, 0.25) is 0 Å². The maximum Gasteiger partial charge on any atom is 0.335 e. The van der Waals surface area contributed by atoms with E-state index >= 15 is 0 Å². The molecule has 0 amide bonds. The molecule has 21 heavy (non-hydrogen) atoms. The van der Waals surface area contributed by atoms with Gasteiger partial charge >= 0.3 is 5.97 Å². The van der Waals surface area contributed by atoms with Crippen molar-refractivity contribution in [3.05, 3.63) is 29.6 Å². The zero-order chi connectivity index (χ0) is 15.9. The summed E-state index contributed by atoms with van der Waals surface area (Å²) in [7, 11) is 0. The molecule has 0 atom stereocenters. The maximum atomic E-state index is 11.1. The molecule has 108 valence electrons. The predicted octanol–water partition coefficient (Wildman–Crippen LogP) is 2.73. The molecule has 0 unspecified atom stereocenters. The molecule has 6 heteroatoms. The molecule has 0 bridgehead atoms. The molecule has 0 radical (unpaired) electrons. The van der Waals surface area contributed by atoms with Crippen molar-refractivity contribution in [2.75, 3.05) is 5.73 Å². The van der Waals surface area contributed by atoms with Crippen LogP contribution in [0.3, 0.4) is 0 Å². The molecule has 4 N–H and O–H groups in total. The second kappa shape index (κ2) is 5.05. The Morgan fingerprint density at radius 3 is 3.00 bits per heavy atom. The van der Waals surface area contributed by atoms with Crippen LogP contribution >= 0.6 is 0 Å². The first-order valence-corrected chi connectivity index (χ1v) is 6.86. The lowest BCUT2D eigenvalue weighted by Crippen LogP contribution is -1.98. The second-order valence-corrected chi connectivity index (χ2v) is 4.97. The van der Waals surface area contributed by atoms with Gasteiger partial charge in [0.1, 0.15) is 11.3 Å². The Morgan fingerprint density at radius 1 is 1.48 bits per heavy atom. The van der Waals surface area contributed by atoms with Gasteiger partial charge in [-0.05, 0) is 24.6 Å². The summed E-state index contributed by atoms with van der Waals surface area (Å²) in [4.78, 5) is 21.0. The fourth-order valence-electron chi connectivity index (χ4n) is 2.34. The molecule has 3 rings (SSSR count). The average Bonchev–Trinajstić information content (AvgIpc) is 2.82. The third kappa shape index (κ3) is 2.29. The molecule has 0 spiro atoms. The number of nitrogens with one attached hydrogen (secondary N) is 1. The molecule has 2 aromatic heterocycles. The van der Waals surface area contributed by atoms with E-state index in [1.807, 2.05) is 0 Å². The van der Waals surface area contributed by atoms with Gasteiger partial charge in [0, 0.05) is 11.8 Å². The molecule has 3 aromatic rings. The van der Waals surface area contributed by atoms with E-state index in [0.717, 1.165) is 12.8 Å². The van der Waals surface area contributed by atoms with Crippen LogP contribution in [0.2, 0.25) is 1.41 Å². The number of nitrogens with two attached hydrogens (primary N) is 1. The number of nitrogens with zero attached hydrogens (tertiary/aromatic N) is 2. The largest absolute Gasteiger partial charge is 0.478 e. The standard InChI is InChI=1S/C15H16N4O2/c1-2-3-4-11-18-12-9-6-5-8(15(20)21)7-10(9)17-14(16)13(12)19-11/h5-7H,2-4H2,1H3,(H2,16,17)(H,18,19)(H,20,21)/i/hD. The number of carboxylic acid groups (broad SMARTS) is 1. The van der Waals surface area contributed by atoms with E-state index < -0.39 is 5.97 Å². The van der Waals surface area contributed by atoms with Crippen molar-refractivity contribution < 1.29 is 11.3 Å². The third-order valence-corrected chi connectivity index (χ3v) is 3.44. The number of hydrogen-bond acceptors (Lipinski definition) is 4. The summed E-state index contributed by atoms with van der Waals surface area (Å²) in [5, 5.41) is 9.75. The Hall–Kier alpha value is -2.63. The topological polar surface area (TPSA) is 105 Å². The molecule has 6 nitrogen and oxygen atoms in total. The van der Waals surface area contributed by atoms with Crippen molar-refractivity contribution in [3.63, 3.8) is 0 Å². The minimum absolute atomic E-state index is 0.140. The van der Waals surface area contributed by atoms with Gasteiger partial charge in [-0.1, -0.05) is 13.3 Å². The fraction of sp³-hybridized carbons (Fsp3) is 0.267. The van der Waals surface area contributed by atoms with Gasteiger partial charge in [-0.25, -0.2) is 14.8 Å². The van der Waals surface area contributed by atoms with Crippen LogP contribution in [-0.2, 0) is 6.42 Å². The molecule has 2 heterocycles. The first-order valence-electron chi connectivity index (χ1n) is 7.30. The predicted molar refractivity (Wildman–Crippen MR) is 81.4 cm³/mol. The highest BCUT2D eigenvalue weighted by atomic mass is 16.4. The Kier molecular flexibility index (Phi) is 2.92. The number of carboxylic acids is 1. The quantitative estimate of drug-likeness (QED) is 0.683. The third-order valence-electron chi connectivity index (χ3n) is 3.44. The Bertz CT molecular complexity index is 888. The lowest BCUT2D eigenvalue weighted by molar-refractivity contribution is 0.0697. The number of carbonyl (C=O) groups is 1. The highest BCUT2D eigenvalue weighted by Crippen LogP contribution is 2.27. The number of nitrogen functional groups attached to an aromatic ring is 1. The van der Waals surface area contributed by atoms with Crippen LogP contribution in [0.5, 0.6) is 0 Å². The number of fused-ring (bicyclic) bond motifs is 3. The number of aryl methyl sites for hydroxylation is 1. The van der Waals surface area contributed by atoms with Gasteiger partial charge in [-0.15, -0.1) is 0 Å². The number of hydrogen-bond donors (Lipinski definition) is 3. The summed E-state index contributed by atoms with van der Waals surface area (Å²) in [5.41, 5.74) is 7.61. The average molecular weight is 285 g/mol. The van der Waals surface area contributed by atoms with E-state index in [2.05, 4.69) is 16.9 Å². The van der Waals surface area contributed by atoms with Gasteiger partial charge in [-0.3, -0.25) is 0 Å². The number of pyridine rings is 1. The van der Waals surface area contributed by atoms with Crippen molar-refractivity contribution in [1.29, 1.82) is 0 Å². The van der Waals surface area contributed by atoms with Crippen molar-refractivity contribution >= 4 is 33.7 Å². The molecule has 0 saturated carbocycles. The Labute approximate surface area is 122 Å². The highest BCUT2D eigenvalue weighted by Gasteiger charge is 2.13. The van der Waals surface area contributed by atoms with Crippen molar-refractivity contribution in [1.82, 2.24) is 14.9 Å². The zero-order valence-electron chi connectivity index (χ0n) is 12.6. The molecule has 0 saturated heterocycles. The molecule has 0 fully saturated rings. The fourth-order valence-corrected chi connectivity index (χ4v) is 2.34. The number of anilines is 1. The number of benzene rings is 1. The molecule has 1 aromatic carbocycles. The summed E-state index contributed by atoms with van der Waals surface area (Å²) in [6.45, 7) is 2.08. The van der Waals surface area contributed by atoms with Gasteiger partial charge in [-0.2, -0.15) is 0 Å². The summed E-state index contributed by atoms with van der Waals surface area (Å²) < 4.78 is 8.27. The zero-order valence-corrected chi connectivity index (χ0v) is 11.6. The Morgan fingerprint density at radius 2 is 2.29 bits per heavy atom. The van der Waals surface area contributed by atoms with Crippen molar-refractivity contribution in [3.8, 4) is 0 Å². The Balaban J connectivity index is 2.30. The van der Waals surface area contributed by atoms with Crippen molar-refractivity contribution in [2.45, 2.75) is 26.2 Å². The van der Waals surface area contributed by atoms with E-state index in [4.69, 9.17) is 12.3 Å². The number of rotatable bonds is 4. The van der Waals surface area contributed by atoms with Gasteiger partial charge in [0.25, 0.3) is 0 Å². The lowest BCUT2D eigenvalue weighted by atomic mass is 10.1. The van der Waals surface area contributed by atoms with E-state index in [-0.39, 0.29) is 11.4 Å². The van der Waals surface area contributed by atoms with Crippen LogP contribution < -0.4 is 5.73 Å². The molecular formula is C15H16N4O2. The minimum atomic E-state index is -1.02. The van der Waals surface area contributed by atoms with Gasteiger partial charge < -0.3 is 15.8 Å². The summed E-state index contributed by atoms with van der Waals surface area (Å²) in [6.07, 6.45) is 2.65. The van der Waals surface area contributed by atoms with Gasteiger partial charge in [0.15, 0.2) is 7.23 Å². The normalized spacial score (nSPS) is 12.0. The van der Waals surface area contributed by atoms with Crippen LogP contribution in [0, 0.1) is 0 Å². The first-order chi connectivity index (χ1) is 10.5. The SMILES string of the molecule is [2H]n1c(CCCC)nc2c(N)nc3cc(C(=O)O)ccc3c21. The van der Waals surface area contributed by atoms with E-state index in [0.29, 0.717) is 34.2 Å². The molecule has 0 aliphatic carbocycles. The second-order valence-electron chi connectivity index (χ2n) is 4.97. The van der Waals surface area contributed by atoms with E-state index in [9.17, 15) is 4.79 Å².